The lowest BCUT2D eigenvalue weighted by Gasteiger charge is -2.17. The molecule has 0 saturated carbocycles. The second-order valence-corrected chi connectivity index (χ2v) is 11.2. The first-order valence-electron chi connectivity index (χ1n) is 15.2. The van der Waals surface area contributed by atoms with E-state index in [1.807, 2.05) is 73.0 Å². The van der Waals surface area contributed by atoms with Crippen LogP contribution in [0.5, 0.6) is 11.8 Å². The number of nitrogens with one attached hydrogen (secondary N) is 1. The fourth-order valence-corrected chi connectivity index (χ4v) is 5.48. The fourth-order valence-electron chi connectivity index (χ4n) is 5.48. The molecule has 1 N–H and O–H groups in total. The summed E-state index contributed by atoms with van der Waals surface area (Å²) in [6.07, 6.45) is 0. The average Bonchev–Trinajstić information content (AvgIpc) is 3.80. The van der Waals surface area contributed by atoms with Gasteiger partial charge >= 0.3 is 11.9 Å². The minimum absolute atomic E-state index is 0.0672. The topological polar surface area (TPSA) is 151 Å². The molecule has 0 aliphatic rings. The molecule has 12 nitrogen and oxygen atoms in total. The standard InChI is InChI=1S/C36H28N8O4/c1-22(2)32-37-29-30(44(32)21-25-17-9-10-18-26(25)27-19-11-12-20-28(27)31-38-42-43-39-31)34(48-36(46)24-15-7-4-8-16-24)41-40-33(29)47-35(45)23-13-5-3-6-14-23/h3-20,22H,21H2,1-2H3,(H,38,39,42,43). The Morgan fingerprint density at radius 2 is 1.25 bits per heavy atom. The monoisotopic (exact) mass is 636 g/mol. The van der Waals surface area contributed by atoms with Gasteiger partial charge in [-0.05, 0) is 46.2 Å². The number of carbonyl (C=O) groups is 2. The van der Waals surface area contributed by atoms with Gasteiger partial charge in [0.05, 0.1) is 17.7 Å². The number of aromatic amines is 1. The number of imidazole rings is 1. The fraction of sp³-hybridized carbons (Fsp3) is 0.111. The molecule has 236 valence electrons. The number of tetrazole rings is 1. The molecule has 48 heavy (non-hydrogen) atoms. The molecule has 3 heterocycles. The highest BCUT2D eigenvalue weighted by Gasteiger charge is 2.27. The Bertz CT molecular complexity index is 2230. The van der Waals surface area contributed by atoms with Crippen molar-refractivity contribution in [2.75, 3.05) is 0 Å². The Morgan fingerprint density at radius 3 is 1.88 bits per heavy atom. The number of benzene rings is 4. The molecular formula is C36H28N8O4. The molecule has 3 aromatic heterocycles. The Hall–Kier alpha value is -6.56. The van der Waals surface area contributed by atoms with E-state index in [1.165, 1.54) is 0 Å². The van der Waals surface area contributed by atoms with Crippen LogP contribution in [0, 0.1) is 0 Å². The molecule has 0 saturated heterocycles. The summed E-state index contributed by atoms with van der Waals surface area (Å²) in [5.41, 5.74) is 4.82. The predicted molar refractivity (Wildman–Crippen MR) is 176 cm³/mol. The third kappa shape index (κ3) is 5.89. The van der Waals surface area contributed by atoms with Crippen molar-refractivity contribution < 1.29 is 19.1 Å². The molecule has 0 bridgehead atoms. The Labute approximate surface area is 274 Å². The van der Waals surface area contributed by atoms with Gasteiger partial charge in [0, 0.05) is 11.5 Å². The summed E-state index contributed by atoms with van der Waals surface area (Å²) >= 11 is 0. The molecule has 0 fully saturated rings. The molecule has 0 aliphatic carbocycles. The SMILES string of the molecule is CC(C)c1nc2c(OC(=O)c3ccccc3)nnc(OC(=O)c3ccccc3)c2n1Cc1ccccc1-c1ccccc1-c1nn[nH]n1. The maximum atomic E-state index is 13.3. The third-order valence-electron chi connectivity index (χ3n) is 7.70. The second-order valence-electron chi connectivity index (χ2n) is 11.2. The summed E-state index contributed by atoms with van der Waals surface area (Å²) in [7, 11) is 0. The van der Waals surface area contributed by atoms with Gasteiger partial charge in [-0.15, -0.1) is 20.4 Å². The van der Waals surface area contributed by atoms with Crippen molar-refractivity contribution in [3.63, 3.8) is 0 Å². The minimum atomic E-state index is -0.621. The van der Waals surface area contributed by atoms with Crippen molar-refractivity contribution in [2.45, 2.75) is 26.3 Å². The van der Waals surface area contributed by atoms with Crippen LogP contribution in [0.1, 0.15) is 51.9 Å². The van der Waals surface area contributed by atoms with Crippen LogP contribution in [0.4, 0.5) is 0 Å². The van der Waals surface area contributed by atoms with Gasteiger partial charge in [-0.3, -0.25) is 0 Å². The summed E-state index contributed by atoms with van der Waals surface area (Å²) < 4.78 is 13.6. The maximum Gasteiger partial charge on any atom is 0.344 e. The number of rotatable bonds is 9. The zero-order valence-electron chi connectivity index (χ0n) is 25.9. The highest BCUT2D eigenvalue weighted by atomic mass is 16.6. The third-order valence-corrected chi connectivity index (χ3v) is 7.70. The zero-order chi connectivity index (χ0) is 33.0. The minimum Gasteiger partial charge on any atom is -0.400 e. The maximum absolute atomic E-state index is 13.3. The second kappa shape index (κ2) is 13.0. The van der Waals surface area contributed by atoms with E-state index < -0.39 is 11.9 Å². The smallest absolute Gasteiger partial charge is 0.344 e. The van der Waals surface area contributed by atoms with Crippen LogP contribution in [-0.4, -0.2) is 52.3 Å². The van der Waals surface area contributed by atoms with Crippen LogP contribution >= 0.6 is 0 Å². The van der Waals surface area contributed by atoms with Crippen molar-refractivity contribution in [1.29, 1.82) is 0 Å². The first-order chi connectivity index (χ1) is 23.5. The van der Waals surface area contributed by atoms with Crippen molar-refractivity contribution in [2.24, 2.45) is 0 Å². The number of ether oxygens (including phenoxy) is 2. The van der Waals surface area contributed by atoms with E-state index in [1.54, 1.807) is 54.6 Å². The van der Waals surface area contributed by atoms with E-state index in [4.69, 9.17) is 14.5 Å². The molecule has 4 aromatic carbocycles. The highest BCUT2D eigenvalue weighted by molar-refractivity contribution is 5.96. The van der Waals surface area contributed by atoms with Gasteiger partial charge in [0.15, 0.2) is 5.52 Å². The van der Waals surface area contributed by atoms with Gasteiger partial charge in [0.1, 0.15) is 11.3 Å². The van der Waals surface area contributed by atoms with E-state index in [2.05, 4.69) is 30.8 Å². The number of nitrogens with zero attached hydrogens (tertiary/aromatic N) is 7. The summed E-state index contributed by atoms with van der Waals surface area (Å²) in [6.45, 7) is 4.30. The van der Waals surface area contributed by atoms with Crippen molar-refractivity contribution in [3.8, 4) is 34.3 Å². The lowest BCUT2D eigenvalue weighted by atomic mass is 9.95. The lowest BCUT2D eigenvalue weighted by Crippen LogP contribution is -2.14. The van der Waals surface area contributed by atoms with Gasteiger partial charge in [0.2, 0.25) is 5.82 Å². The largest absolute Gasteiger partial charge is 0.400 e. The molecule has 7 aromatic rings. The number of hydrogen-bond acceptors (Lipinski definition) is 10. The molecule has 0 radical (unpaired) electrons. The molecule has 0 aliphatic heterocycles. The molecule has 0 atom stereocenters. The summed E-state index contributed by atoms with van der Waals surface area (Å²) in [4.78, 5) is 31.3. The predicted octanol–water partition coefficient (Wildman–Crippen LogP) is 6.28. The highest BCUT2D eigenvalue weighted by Crippen LogP contribution is 2.37. The summed E-state index contributed by atoms with van der Waals surface area (Å²) in [5, 5.41) is 23.1. The Balaban J connectivity index is 1.38. The van der Waals surface area contributed by atoms with Gasteiger partial charge in [-0.25, -0.2) is 14.6 Å². The number of carbonyl (C=O) groups excluding carboxylic acids is 2. The van der Waals surface area contributed by atoms with E-state index >= 15 is 0 Å². The van der Waals surface area contributed by atoms with Crippen LogP contribution in [0.25, 0.3) is 33.5 Å². The molecule has 0 amide bonds. The van der Waals surface area contributed by atoms with E-state index in [0.29, 0.717) is 34.8 Å². The number of hydrogen-bond donors (Lipinski definition) is 1. The van der Waals surface area contributed by atoms with Crippen molar-refractivity contribution >= 4 is 23.0 Å². The molecule has 12 heteroatoms. The number of H-pyrrole nitrogens is 1. The number of fused-ring (bicyclic) bond motifs is 1. The van der Waals surface area contributed by atoms with E-state index in [0.717, 1.165) is 22.3 Å². The number of esters is 2. The van der Waals surface area contributed by atoms with Crippen LogP contribution in [0.3, 0.4) is 0 Å². The molecule has 7 rings (SSSR count). The zero-order valence-corrected chi connectivity index (χ0v) is 25.9. The number of aromatic nitrogens is 8. The van der Waals surface area contributed by atoms with Gasteiger partial charge in [-0.1, -0.05) is 98.8 Å². The van der Waals surface area contributed by atoms with Crippen LogP contribution in [0.15, 0.2) is 109 Å². The van der Waals surface area contributed by atoms with Crippen LogP contribution in [0.2, 0.25) is 0 Å². The molecule has 0 unspecified atom stereocenters. The first-order valence-corrected chi connectivity index (χ1v) is 15.2. The van der Waals surface area contributed by atoms with Crippen LogP contribution in [-0.2, 0) is 6.54 Å². The Morgan fingerprint density at radius 1 is 0.688 bits per heavy atom. The van der Waals surface area contributed by atoms with E-state index in [9.17, 15) is 9.59 Å². The van der Waals surface area contributed by atoms with Gasteiger partial charge in [-0.2, -0.15) is 5.21 Å². The molecular weight excluding hydrogens is 608 g/mol. The normalized spacial score (nSPS) is 11.1. The first kappa shape index (κ1) is 30.1. The van der Waals surface area contributed by atoms with E-state index in [-0.39, 0.29) is 23.2 Å². The summed E-state index contributed by atoms with van der Waals surface area (Å²) in [5.74, 6) is -0.386. The lowest BCUT2D eigenvalue weighted by molar-refractivity contribution is 0.0708. The van der Waals surface area contributed by atoms with Gasteiger partial charge in [0.25, 0.3) is 11.8 Å². The van der Waals surface area contributed by atoms with Crippen molar-refractivity contribution in [3.05, 3.63) is 132 Å². The quantitative estimate of drug-likeness (QED) is 0.179. The average molecular weight is 637 g/mol. The van der Waals surface area contributed by atoms with Gasteiger partial charge < -0.3 is 14.0 Å². The molecule has 0 spiro atoms. The summed E-state index contributed by atoms with van der Waals surface area (Å²) in [6, 6.07) is 32.9. The van der Waals surface area contributed by atoms with Crippen LogP contribution < -0.4 is 9.47 Å². The van der Waals surface area contributed by atoms with Crippen molar-refractivity contribution in [1.82, 2.24) is 40.4 Å². The Kier molecular flexibility index (Phi) is 8.18.